The summed E-state index contributed by atoms with van der Waals surface area (Å²) in [7, 11) is 3.95. The summed E-state index contributed by atoms with van der Waals surface area (Å²) in [6.07, 6.45) is 6.02. The number of likely N-dealkylation sites (N-methyl/N-ethyl adjacent to an activating group) is 1. The first-order chi connectivity index (χ1) is 11.9. The van der Waals surface area contributed by atoms with Gasteiger partial charge in [-0.25, -0.2) is 0 Å². The molecule has 1 amide bonds. The molecule has 0 bridgehead atoms. The second kappa shape index (κ2) is 9.15. The molecule has 0 aliphatic heterocycles. The molecule has 25 heavy (non-hydrogen) atoms. The van der Waals surface area contributed by atoms with Gasteiger partial charge in [0.15, 0.2) is 0 Å². The van der Waals surface area contributed by atoms with Crippen molar-refractivity contribution in [3.63, 3.8) is 0 Å². The summed E-state index contributed by atoms with van der Waals surface area (Å²) < 4.78 is 0. The van der Waals surface area contributed by atoms with Crippen LogP contribution in [0.1, 0.15) is 42.5 Å². The summed E-state index contributed by atoms with van der Waals surface area (Å²) in [5.41, 5.74) is 0.232. The van der Waals surface area contributed by atoms with Gasteiger partial charge in [-0.05, 0) is 38.9 Å². The van der Waals surface area contributed by atoms with E-state index in [-0.39, 0.29) is 16.6 Å². The highest BCUT2D eigenvalue weighted by Gasteiger charge is 2.24. The van der Waals surface area contributed by atoms with Gasteiger partial charge in [-0.15, -0.1) is 0 Å². The molecule has 1 aliphatic carbocycles. The molecule has 0 radical (unpaired) electrons. The normalized spacial score (nSPS) is 15.4. The molecule has 0 unspecified atom stereocenters. The van der Waals surface area contributed by atoms with E-state index in [1.165, 1.54) is 37.5 Å². The van der Waals surface area contributed by atoms with Crippen LogP contribution >= 0.6 is 11.6 Å². The van der Waals surface area contributed by atoms with Crippen LogP contribution in [0.15, 0.2) is 18.2 Å². The van der Waals surface area contributed by atoms with Crippen LogP contribution in [0.2, 0.25) is 5.02 Å². The molecular weight excluding hydrogens is 342 g/mol. The molecule has 0 saturated heterocycles. The third kappa shape index (κ3) is 5.68. The maximum atomic E-state index is 13.0. The first-order valence-corrected chi connectivity index (χ1v) is 9.14. The van der Waals surface area contributed by atoms with E-state index in [9.17, 15) is 14.9 Å². The number of benzene rings is 1. The Morgan fingerprint density at radius 2 is 1.92 bits per heavy atom. The molecule has 1 aromatic rings. The quantitative estimate of drug-likeness (QED) is 0.542. The summed E-state index contributed by atoms with van der Waals surface area (Å²) in [4.78, 5) is 27.2. The van der Waals surface area contributed by atoms with Crippen molar-refractivity contribution in [3.8, 4) is 0 Å². The van der Waals surface area contributed by atoms with Gasteiger partial charge in [0.05, 0.1) is 15.5 Å². The Labute approximate surface area is 153 Å². The number of nitro benzene ring substituents is 1. The highest BCUT2D eigenvalue weighted by atomic mass is 35.5. The van der Waals surface area contributed by atoms with E-state index >= 15 is 0 Å². The monoisotopic (exact) mass is 367 g/mol. The van der Waals surface area contributed by atoms with Crippen molar-refractivity contribution < 1.29 is 9.72 Å². The largest absolute Gasteiger partial charge is 0.337 e. The zero-order valence-electron chi connectivity index (χ0n) is 14.9. The Bertz CT molecular complexity index is 616. The van der Waals surface area contributed by atoms with Crippen molar-refractivity contribution in [1.29, 1.82) is 0 Å². The lowest BCUT2D eigenvalue weighted by molar-refractivity contribution is -0.384. The van der Waals surface area contributed by atoms with Gasteiger partial charge in [0.1, 0.15) is 0 Å². The maximum absolute atomic E-state index is 13.0. The van der Waals surface area contributed by atoms with Crippen LogP contribution in [0.25, 0.3) is 0 Å². The van der Waals surface area contributed by atoms with E-state index in [1.807, 2.05) is 23.9 Å². The standard InChI is InChI=1S/C18H26ClN3O3/c1-20(2)10-11-21(13-14-6-4-3-5-7-14)18(23)16-9-8-15(22(24)25)12-17(16)19/h8-9,12,14H,3-7,10-11,13H2,1-2H3. The number of hydrogen-bond acceptors (Lipinski definition) is 4. The Hall–Kier alpha value is -1.66. The van der Waals surface area contributed by atoms with Gasteiger partial charge in [0.25, 0.3) is 11.6 Å². The lowest BCUT2D eigenvalue weighted by Crippen LogP contribution is -2.40. The fourth-order valence-electron chi connectivity index (χ4n) is 3.24. The number of nitrogens with zero attached hydrogens (tertiary/aromatic N) is 3. The Balaban J connectivity index is 2.16. The van der Waals surface area contributed by atoms with Gasteiger partial charge >= 0.3 is 0 Å². The van der Waals surface area contributed by atoms with Gasteiger partial charge in [0.2, 0.25) is 0 Å². The molecule has 1 fully saturated rings. The molecule has 0 N–H and O–H groups in total. The van der Waals surface area contributed by atoms with E-state index in [1.54, 1.807) is 0 Å². The van der Waals surface area contributed by atoms with Crippen LogP contribution in [0, 0.1) is 16.0 Å². The predicted molar refractivity (Wildman–Crippen MR) is 99.1 cm³/mol. The van der Waals surface area contributed by atoms with Crippen molar-refractivity contribution in [1.82, 2.24) is 9.80 Å². The van der Waals surface area contributed by atoms with Crippen LogP contribution in [-0.4, -0.2) is 54.4 Å². The molecule has 1 aliphatic rings. The fourth-order valence-corrected chi connectivity index (χ4v) is 3.49. The number of halogens is 1. The minimum Gasteiger partial charge on any atom is -0.337 e. The molecule has 0 aromatic heterocycles. The van der Waals surface area contributed by atoms with Crippen LogP contribution in [-0.2, 0) is 0 Å². The molecule has 1 aromatic carbocycles. The first-order valence-electron chi connectivity index (χ1n) is 8.76. The average molecular weight is 368 g/mol. The Kier molecular flexibility index (Phi) is 7.20. The molecule has 0 atom stereocenters. The zero-order chi connectivity index (χ0) is 18.4. The number of rotatable bonds is 7. The number of nitro groups is 1. The fraction of sp³-hybridized carbons (Fsp3) is 0.611. The van der Waals surface area contributed by atoms with E-state index in [2.05, 4.69) is 0 Å². The van der Waals surface area contributed by atoms with Crippen LogP contribution < -0.4 is 0 Å². The molecule has 0 spiro atoms. The summed E-state index contributed by atoms with van der Waals surface area (Å²) in [5, 5.41) is 11.0. The van der Waals surface area contributed by atoms with Gasteiger partial charge in [-0.3, -0.25) is 14.9 Å². The highest BCUT2D eigenvalue weighted by molar-refractivity contribution is 6.34. The number of hydrogen-bond donors (Lipinski definition) is 0. The number of amides is 1. The predicted octanol–water partition coefficient (Wildman–Crippen LogP) is 3.83. The van der Waals surface area contributed by atoms with Crippen molar-refractivity contribution in [2.75, 3.05) is 33.7 Å². The van der Waals surface area contributed by atoms with Crippen LogP contribution in [0.4, 0.5) is 5.69 Å². The van der Waals surface area contributed by atoms with Crippen molar-refractivity contribution in [3.05, 3.63) is 38.9 Å². The minimum absolute atomic E-state index is 0.103. The lowest BCUT2D eigenvalue weighted by Gasteiger charge is -2.31. The van der Waals surface area contributed by atoms with Gasteiger partial charge in [-0.2, -0.15) is 0 Å². The SMILES string of the molecule is CN(C)CCN(CC1CCCCC1)C(=O)c1ccc([N+](=O)[O-])cc1Cl. The maximum Gasteiger partial charge on any atom is 0.270 e. The van der Waals surface area contributed by atoms with Gasteiger partial charge < -0.3 is 9.80 Å². The number of non-ortho nitro benzene ring substituents is 1. The molecule has 2 rings (SSSR count). The third-order valence-electron chi connectivity index (χ3n) is 4.70. The Morgan fingerprint density at radius 1 is 1.24 bits per heavy atom. The molecule has 0 heterocycles. The zero-order valence-corrected chi connectivity index (χ0v) is 15.7. The minimum atomic E-state index is -0.508. The third-order valence-corrected chi connectivity index (χ3v) is 5.01. The van der Waals surface area contributed by atoms with Crippen molar-refractivity contribution >= 4 is 23.2 Å². The average Bonchev–Trinajstić information content (AvgIpc) is 2.58. The van der Waals surface area contributed by atoms with E-state index < -0.39 is 4.92 Å². The summed E-state index contributed by atoms with van der Waals surface area (Å²) >= 11 is 6.16. The molecule has 1 saturated carbocycles. The van der Waals surface area contributed by atoms with Crippen molar-refractivity contribution in [2.24, 2.45) is 5.92 Å². The van der Waals surface area contributed by atoms with E-state index in [4.69, 9.17) is 11.6 Å². The molecule has 6 nitrogen and oxygen atoms in total. The van der Waals surface area contributed by atoms with Gasteiger partial charge in [0, 0.05) is 31.8 Å². The smallest absolute Gasteiger partial charge is 0.270 e. The second-order valence-electron chi connectivity index (χ2n) is 6.98. The lowest BCUT2D eigenvalue weighted by atomic mass is 9.89. The first kappa shape index (κ1) is 19.7. The molecule has 138 valence electrons. The topological polar surface area (TPSA) is 66.7 Å². The summed E-state index contributed by atoms with van der Waals surface area (Å²) in [6, 6.07) is 4.05. The number of carbonyl (C=O) groups excluding carboxylic acids is 1. The molecule has 7 heteroatoms. The highest BCUT2D eigenvalue weighted by Crippen LogP contribution is 2.27. The van der Waals surface area contributed by atoms with E-state index in [0.29, 0.717) is 18.0 Å². The molecular formula is C18H26ClN3O3. The number of carbonyl (C=O) groups is 1. The Morgan fingerprint density at radius 3 is 2.48 bits per heavy atom. The van der Waals surface area contributed by atoms with Crippen molar-refractivity contribution in [2.45, 2.75) is 32.1 Å². The summed E-state index contributed by atoms with van der Waals surface area (Å²) in [5.74, 6) is 0.379. The van der Waals surface area contributed by atoms with Crippen LogP contribution in [0.3, 0.4) is 0 Å². The van der Waals surface area contributed by atoms with E-state index in [0.717, 1.165) is 25.9 Å². The van der Waals surface area contributed by atoms with Crippen LogP contribution in [0.5, 0.6) is 0 Å². The summed E-state index contributed by atoms with van der Waals surface area (Å²) in [6.45, 7) is 2.11. The second-order valence-corrected chi connectivity index (χ2v) is 7.39. The van der Waals surface area contributed by atoms with Gasteiger partial charge in [-0.1, -0.05) is 30.9 Å².